The molecule has 2 fully saturated rings. The lowest BCUT2D eigenvalue weighted by Gasteiger charge is -2.52. The summed E-state index contributed by atoms with van der Waals surface area (Å²) in [6.45, 7) is -0.410. The Kier molecular flexibility index (Phi) is 9.28. The summed E-state index contributed by atoms with van der Waals surface area (Å²) in [6.07, 6.45) is -3.69. The molecule has 2 aliphatic rings. The third-order valence-electron chi connectivity index (χ3n) is 7.24. The number of rotatable bonds is 9. The van der Waals surface area contributed by atoms with E-state index in [2.05, 4.69) is 5.32 Å². The Hall–Kier alpha value is -3.67. The van der Waals surface area contributed by atoms with Gasteiger partial charge in [0.15, 0.2) is 0 Å². The van der Waals surface area contributed by atoms with Crippen LogP contribution in [0.1, 0.15) is 47.9 Å². The lowest BCUT2D eigenvalue weighted by molar-refractivity contribution is -0.167. The highest BCUT2D eigenvalue weighted by Gasteiger charge is 2.48. The molecule has 2 aliphatic heterocycles. The third kappa shape index (κ3) is 6.72. The van der Waals surface area contributed by atoms with Gasteiger partial charge in [-0.3, -0.25) is 9.59 Å². The van der Waals surface area contributed by atoms with Crippen LogP contribution >= 0.6 is 0 Å². The Morgan fingerprint density at radius 2 is 1.75 bits per heavy atom. The maximum Gasteiger partial charge on any atom is 0.416 e. The molecule has 0 saturated carbocycles. The number of carbonyl (C=O) groups is 3. The van der Waals surface area contributed by atoms with E-state index in [1.165, 1.54) is 15.9 Å². The number of nitrogens with two attached hydrogens (primary N) is 1. The number of halogens is 4. The van der Waals surface area contributed by atoms with Crippen LogP contribution in [0.15, 0.2) is 48.5 Å². The minimum Gasteiger partial charge on any atom is -0.334 e. The van der Waals surface area contributed by atoms with Gasteiger partial charge in [0, 0.05) is 26.1 Å². The van der Waals surface area contributed by atoms with E-state index in [4.69, 9.17) is 5.73 Å². The molecule has 2 aromatic rings. The number of piperazine rings is 1. The van der Waals surface area contributed by atoms with Crippen LogP contribution in [0.5, 0.6) is 0 Å². The molecule has 8 nitrogen and oxygen atoms in total. The molecule has 2 saturated heterocycles. The summed E-state index contributed by atoms with van der Waals surface area (Å²) >= 11 is 0. The second-order valence-electron chi connectivity index (χ2n) is 10.1. The summed E-state index contributed by atoms with van der Waals surface area (Å²) in [6, 6.07) is 10.9. The number of nitrogens with one attached hydrogen (secondary N) is 1. The molecule has 0 spiro atoms. The molecule has 1 unspecified atom stereocenters. The fourth-order valence-corrected chi connectivity index (χ4v) is 5.31. The Labute approximate surface area is 230 Å². The van der Waals surface area contributed by atoms with Gasteiger partial charge in [-0.2, -0.15) is 13.2 Å². The first kappa shape index (κ1) is 29.3. The van der Waals surface area contributed by atoms with E-state index in [9.17, 15) is 31.9 Å². The number of hydrogen-bond donors (Lipinski definition) is 2. The van der Waals surface area contributed by atoms with Crippen LogP contribution in [0, 0.1) is 0 Å². The van der Waals surface area contributed by atoms with Crippen LogP contribution in [-0.2, 0) is 35.5 Å². The van der Waals surface area contributed by atoms with Gasteiger partial charge in [-0.25, -0.2) is 9.18 Å². The summed E-state index contributed by atoms with van der Waals surface area (Å²) in [7, 11) is 0. The van der Waals surface area contributed by atoms with Crippen LogP contribution in [0.4, 0.5) is 22.4 Å². The molecular formula is C28H33F4N5O3. The Bertz CT molecular complexity index is 1210. The second kappa shape index (κ2) is 12.7. The van der Waals surface area contributed by atoms with Gasteiger partial charge in [-0.15, -0.1) is 0 Å². The van der Waals surface area contributed by atoms with Gasteiger partial charge in [0.2, 0.25) is 11.8 Å². The van der Waals surface area contributed by atoms with E-state index < -0.39 is 36.7 Å². The van der Waals surface area contributed by atoms with E-state index in [0.717, 1.165) is 17.7 Å². The summed E-state index contributed by atoms with van der Waals surface area (Å²) < 4.78 is 53.0. The SMILES string of the molecule is NCCCC[C@H]1C(=O)N(Cc2ccccc2)CC2N(C(=O)NCc3cc(CF)cc(C(F)(F)F)c3)CCC(=O)N21. The minimum absolute atomic E-state index is 0.0127. The highest BCUT2D eigenvalue weighted by atomic mass is 19.4. The molecule has 4 rings (SSSR count). The van der Waals surface area contributed by atoms with Crippen LogP contribution in [0.3, 0.4) is 0 Å². The van der Waals surface area contributed by atoms with E-state index in [1.807, 2.05) is 30.3 Å². The van der Waals surface area contributed by atoms with E-state index in [-0.39, 0.29) is 49.0 Å². The monoisotopic (exact) mass is 563 g/mol. The predicted molar refractivity (Wildman–Crippen MR) is 139 cm³/mol. The average Bonchev–Trinajstić information content (AvgIpc) is 2.93. The maximum atomic E-state index is 13.5. The van der Waals surface area contributed by atoms with E-state index in [1.54, 1.807) is 4.90 Å². The molecule has 2 heterocycles. The fourth-order valence-electron chi connectivity index (χ4n) is 5.31. The number of urea groups is 1. The predicted octanol–water partition coefficient (Wildman–Crippen LogP) is 3.78. The summed E-state index contributed by atoms with van der Waals surface area (Å²) in [5.74, 6) is -0.430. The number of amides is 4. The van der Waals surface area contributed by atoms with Crippen molar-refractivity contribution in [2.45, 2.75) is 63.8 Å². The molecule has 4 amide bonds. The standard InChI is InChI=1S/C28H33F4N5O3/c29-15-20-12-21(14-22(13-20)28(30,31)32)16-34-27(40)36-11-9-25(38)37-23(8-4-5-10-33)26(39)35(18-24(36)37)17-19-6-2-1-3-7-19/h1-3,6-7,12-14,23-24H,4-5,8-11,15-18,33H2,(H,34,40)/t23-,24?/m0/s1. The summed E-state index contributed by atoms with van der Waals surface area (Å²) in [5.41, 5.74) is 5.50. The van der Waals surface area contributed by atoms with E-state index in [0.29, 0.717) is 32.4 Å². The van der Waals surface area contributed by atoms with Crippen molar-refractivity contribution >= 4 is 17.8 Å². The summed E-state index contributed by atoms with van der Waals surface area (Å²) in [5, 5.41) is 2.63. The summed E-state index contributed by atoms with van der Waals surface area (Å²) in [4.78, 5) is 44.5. The first-order chi connectivity index (χ1) is 19.1. The van der Waals surface area contributed by atoms with Crippen molar-refractivity contribution in [1.29, 1.82) is 0 Å². The highest BCUT2D eigenvalue weighted by molar-refractivity contribution is 5.91. The van der Waals surface area contributed by atoms with Gasteiger partial charge < -0.3 is 25.8 Å². The van der Waals surface area contributed by atoms with Crippen molar-refractivity contribution in [1.82, 2.24) is 20.0 Å². The second-order valence-corrected chi connectivity index (χ2v) is 10.1. The van der Waals surface area contributed by atoms with Crippen molar-refractivity contribution in [2.75, 3.05) is 19.6 Å². The molecule has 40 heavy (non-hydrogen) atoms. The van der Waals surface area contributed by atoms with Crippen molar-refractivity contribution in [3.05, 3.63) is 70.8 Å². The molecule has 216 valence electrons. The molecule has 2 aromatic carbocycles. The smallest absolute Gasteiger partial charge is 0.334 e. The van der Waals surface area contributed by atoms with Crippen molar-refractivity contribution in [2.24, 2.45) is 5.73 Å². The van der Waals surface area contributed by atoms with Gasteiger partial charge in [0.1, 0.15) is 18.9 Å². The van der Waals surface area contributed by atoms with Crippen LogP contribution in [-0.4, -0.2) is 64.4 Å². The molecule has 0 aliphatic carbocycles. The Morgan fingerprint density at radius 1 is 1.02 bits per heavy atom. The van der Waals surface area contributed by atoms with Crippen molar-refractivity contribution in [3.63, 3.8) is 0 Å². The zero-order valence-corrected chi connectivity index (χ0v) is 22.0. The zero-order valence-electron chi connectivity index (χ0n) is 22.0. The van der Waals surface area contributed by atoms with Crippen LogP contribution in [0.2, 0.25) is 0 Å². The highest BCUT2D eigenvalue weighted by Crippen LogP contribution is 2.32. The first-order valence-electron chi connectivity index (χ1n) is 13.3. The van der Waals surface area contributed by atoms with Crippen molar-refractivity contribution < 1.29 is 31.9 Å². The topological polar surface area (TPSA) is 99.0 Å². The molecule has 2 atom stereocenters. The van der Waals surface area contributed by atoms with Crippen LogP contribution in [0.25, 0.3) is 0 Å². The zero-order chi connectivity index (χ0) is 28.9. The number of carbonyl (C=O) groups excluding carboxylic acids is 3. The first-order valence-corrected chi connectivity index (χ1v) is 13.3. The van der Waals surface area contributed by atoms with Gasteiger partial charge >= 0.3 is 12.2 Å². The number of nitrogens with zero attached hydrogens (tertiary/aromatic N) is 3. The molecule has 0 radical (unpaired) electrons. The number of hydrogen-bond acceptors (Lipinski definition) is 4. The third-order valence-corrected chi connectivity index (χ3v) is 7.24. The maximum absolute atomic E-state index is 13.5. The normalized spacial score (nSPS) is 19.6. The molecular weight excluding hydrogens is 530 g/mol. The lowest BCUT2D eigenvalue weighted by atomic mass is 9.98. The minimum atomic E-state index is -4.66. The van der Waals surface area contributed by atoms with E-state index >= 15 is 0 Å². The Morgan fingerprint density at radius 3 is 2.42 bits per heavy atom. The number of fused-ring (bicyclic) bond motifs is 1. The lowest BCUT2D eigenvalue weighted by Crippen LogP contribution is -2.71. The van der Waals surface area contributed by atoms with Gasteiger partial charge in [0.05, 0.1) is 12.1 Å². The van der Waals surface area contributed by atoms with Gasteiger partial charge in [-0.05, 0) is 54.6 Å². The molecule has 0 bridgehead atoms. The van der Waals surface area contributed by atoms with Gasteiger partial charge in [-0.1, -0.05) is 36.4 Å². The number of benzene rings is 2. The number of unbranched alkanes of at least 4 members (excludes halogenated alkanes) is 1. The molecule has 0 aromatic heterocycles. The average molecular weight is 564 g/mol. The quantitative estimate of drug-likeness (QED) is 0.358. The molecule has 3 N–H and O–H groups in total. The number of alkyl halides is 4. The largest absolute Gasteiger partial charge is 0.416 e. The van der Waals surface area contributed by atoms with Gasteiger partial charge in [0.25, 0.3) is 0 Å². The fraction of sp³-hybridized carbons (Fsp3) is 0.464. The van der Waals surface area contributed by atoms with Crippen LogP contribution < -0.4 is 11.1 Å². The molecule has 12 heteroatoms. The Balaban J connectivity index is 1.55. The van der Waals surface area contributed by atoms with Crippen molar-refractivity contribution in [3.8, 4) is 0 Å².